The molecule has 0 saturated carbocycles. The van der Waals surface area contributed by atoms with E-state index < -0.39 is 19.9 Å². The van der Waals surface area contributed by atoms with Gasteiger partial charge in [0.2, 0.25) is 0 Å². The van der Waals surface area contributed by atoms with E-state index in [0.717, 1.165) is 0 Å². The number of hydrogen-bond acceptors (Lipinski definition) is 4. The van der Waals surface area contributed by atoms with E-state index in [2.05, 4.69) is 10.3 Å². The second-order valence-corrected chi connectivity index (χ2v) is 4.04. The lowest BCUT2D eigenvalue weighted by atomic mass is 10.1. The summed E-state index contributed by atoms with van der Waals surface area (Å²) >= 11 is 0. The maximum absolute atomic E-state index is 8.44. The first kappa shape index (κ1) is 6.57. The van der Waals surface area contributed by atoms with E-state index in [0.29, 0.717) is 6.42 Å². The highest BCUT2D eigenvalue weighted by Gasteiger charge is 2.08. The molecule has 19 heavy (non-hydrogen) atoms. The van der Waals surface area contributed by atoms with Gasteiger partial charge in [0, 0.05) is 27.8 Å². The summed E-state index contributed by atoms with van der Waals surface area (Å²) in [5, 5.41) is 2.94. The fourth-order valence-corrected chi connectivity index (χ4v) is 1.74. The molecule has 0 fully saturated rings. The molecular weight excluding hydrogens is 238 g/mol. The Morgan fingerprint density at radius 1 is 1.68 bits per heavy atom. The van der Waals surface area contributed by atoms with E-state index in [-0.39, 0.29) is 41.3 Å². The molecule has 0 saturated heterocycles. The third kappa shape index (κ3) is 3.35. The van der Waals surface area contributed by atoms with Crippen LogP contribution < -0.4 is 15.8 Å². The minimum Gasteiger partial charge on any atom is -0.497 e. The van der Waals surface area contributed by atoms with E-state index >= 15 is 0 Å². The molecular formula is C15H21N3O. The smallest absolute Gasteiger partial charge is 0.121 e. The third-order valence-corrected chi connectivity index (χ3v) is 2.62. The van der Waals surface area contributed by atoms with Crippen LogP contribution >= 0.6 is 0 Å². The van der Waals surface area contributed by atoms with Crippen LogP contribution in [0.15, 0.2) is 30.4 Å². The molecule has 0 aliphatic rings. The Morgan fingerprint density at radius 2 is 2.63 bits per heavy atom. The predicted octanol–water partition coefficient (Wildman–Crippen LogP) is 2.78. The lowest BCUT2D eigenvalue weighted by Gasteiger charge is -2.17. The lowest BCUT2D eigenvalue weighted by molar-refractivity contribution is 0.415. The summed E-state index contributed by atoms with van der Waals surface area (Å²) in [5.41, 5.74) is 5.81. The van der Waals surface area contributed by atoms with Gasteiger partial charge in [-0.3, -0.25) is 4.98 Å². The first-order valence-corrected chi connectivity index (χ1v) is 5.93. The van der Waals surface area contributed by atoms with Gasteiger partial charge in [-0.2, -0.15) is 0 Å². The van der Waals surface area contributed by atoms with Gasteiger partial charge in [0.15, 0.2) is 0 Å². The highest BCUT2D eigenvalue weighted by atomic mass is 16.5. The molecule has 0 spiro atoms. The highest BCUT2D eigenvalue weighted by Crippen LogP contribution is 2.28. The summed E-state index contributed by atoms with van der Waals surface area (Å²) in [6.07, 6.45) is 1.69. The Labute approximate surface area is 125 Å². The third-order valence-electron chi connectivity index (χ3n) is 2.62. The number of fused-ring (bicyclic) bond motifs is 1. The molecule has 0 aliphatic heterocycles. The quantitative estimate of drug-likeness (QED) is 0.845. The Hall–Kier alpha value is -1.81. The first-order chi connectivity index (χ1) is 12.4. The van der Waals surface area contributed by atoms with Crippen molar-refractivity contribution in [3.05, 3.63) is 30.4 Å². The van der Waals surface area contributed by atoms with Crippen molar-refractivity contribution in [2.45, 2.75) is 25.7 Å². The number of nitrogens with zero attached hydrogens (tertiary/aromatic N) is 1. The van der Waals surface area contributed by atoms with Crippen LogP contribution in [-0.2, 0) is 0 Å². The van der Waals surface area contributed by atoms with Gasteiger partial charge >= 0.3 is 0 Å². The zero-order valence-electron chi connectivity index (χ0n) is 18.4. The van der Waals surface area contributed by atoms with Crippen molar-refractivity contribution >= 4 is 16.6 Å². The summed E-state index contributed by atoms with van der Waals surface area (Å²) in [5.74, 6) is -0.260. The Balaban J connectivity index is 2.60. The summed E-state index contributed by atoms with van der Waals surface area (Å²) in [6.45, 7) is -2.47. The molecule has 4 nitrogen and oxygen atoms in total. The zero-order valence-corrected chi connectivity index (χ0v) is 10.4. The molecule has 1 unspecified atom stereocenters. The molecule has 1 atom stereocenters. The van der Waals surface area contributed by atoms with Gasteiger partial charge in [-0.15, -0.1) is 0 Å². The van der Waals surface area contributed by atoms with Crippen molar-refractivity contribution in [2.75, 3.05) is 18.9 Å². The molecule has 0 amide bonds. The van der Waals surface area contributed by atoms with Crippen molar-refractivity contribution in [1.29, 1.82) is 0 Å². The predicted molar refractivity (Wildman–Crippen MR) is 79.7 cm³/mol. The summed E-state index contributed by atoms with van der Waals surface area (Å²) in [4.78, 5) is 4.16. The maximum atomic E-state index is 8.44. The molecule has 0 bridgehead atoms. The largest absolute Gasteiger partial charge is 0.497 e. The minimum atomic E-state index is -2.79. The minimum absolute atomic E-state index is 0.0631. The number of aromatic nitrogens is 1. The van der Waals surface area contributed by atoms with Crippen molar-refractivity contribution in [2.24, 2.45) is 5.73 Å². The molecule has 2 rings (SSSR count). The summed E-state index contributed by atoms with van der Waals surface area (Å²) < 4.78 is 66.5. The van der Waals surface area contributed by atoms with E-state index in [9.17, 15) is 0 Å². The maximum Gasteiger partial charge on any atom is 0.121 e. The number of pyridine rings is 1. The second-order valence-electron chi connectivity index (χ2n) is 4.04. The SMILES string of the molecule is [2H]c1c(OC([2H])([2H])[2H])cc(NC([2H])(CCCN)C([2H])([2H])[2H])c2ncccc12. The van der Waals surface area contributed by atoms with Crippen molar-refractivity contribution in [3.63, 3.8) is 0 Å². The number of methoxy groups -OCH3 is 1. The number of rotatable bonds is 6. The topological polar surface area (TPSA) is 60.2 Å². The van der Waals surface area contributed by atoms with E-state index in [1.165, 1.54) is 12.3 Å². The summed E-state index contributed by atoms with van der Waals surface area (Å²) in [6, 6.07) is 2.05. The molecule has 1 heterocycles. The van der Waals surface area contributed by atoms with Crippen LogP contribution in [0, 0.1) is 0 Å². The van der Waals surface area contributed by atoms with E-state index in [1.807, 2.05) is 0 Å². The van der Waals surface area contributed by atoms with Gasteiger partial charge in [-0.1, -0.05) is 6.07 Å². The highest BCUT2D eigenvalue weighted by molar-refractivity contribution is 5.91. The van der Waals surface area contributed by atoms with Crippen molar-refractivity contribution < 1.29 is 15.7 Å². The van der Waals surface area contributed by atoms with Crippen LogP contribution in [0.4, 0.5) is 5.69 Å². The molecule has 102 valence electrons. The first-order valence-electron chi connectivity index (χ1n) is 9.93. The van der Waals surface area contributed by atoms with Crippen molar-refractivity contribution in [3.8, 4) is 5.75 Å². The van der Waals surface area contributed by atoms with Crippen LogP contribution in [0.3, 0.4) is 0 Å². The average molecular weight is 267 g/mol. The second kappa shape index (κ2) is 6.38. The van der Waals surface area contributed by atoms with Crippen molar-refractivity contribution in [1.82, 2.24) is 4.98 Å². The fraction of sp³-hybridized carbons (Fsp3) is 0.400. The van der Waals surface area contributed by atoms with E-state index in [4.69, 9.17) is 21.4 Å². The van der Waals surface area contributed by atoms with Gasteiger partial charge in [0.25, 0.3) is 0 Å². The number of nitrogens with one attached hydrogen (secondary N) is 1. The number of nitrogens with two attached hydrogens (primary N) is 1. The van der Waals surface area contributed by atoms with Crippen LogP contribution in [0.2, 0.25) is 0 Å². The summed E-state index contributed by atoms with van der Waals surface area (Å²) in [7, 11) is -2.79. The molecule has 3 N–H and O–H groups in total. The Kier molecular flexibility index (Phi) is 2.21. The normalized spacial score (nSPS) is 21.5. The molecule has 4 heteroatoms. The monoisotopic (exact) mass is 267 g/mol. The van der Waals surface area contributed by atoms with Crippen LogP contribution in [-0.4, -0.2) is 24.6 Å². The zero-order chi connectivity index (χ0) is 20.5. The van der Waals surface area contributed by atoms with Gasteiger partial charge in [0.1, 0.15) is 5.75 Å². The standard InChI is InChI=1S/C15H21N3O/c1-11(5-3-7-16)18-14-10-13(19-2)9-12-6-4-8-17-15(12)14/h4,6,8-11,18H,3,5,7,16H2,1-2H3/i1D3,2D3,9D,11D. The van der Waals surface area contributed by atoms with Crippen LogP contribution in [0.5, 0.6) is 5.75 Å². The fourth-order valence-electron chi connectivity index (χ4n) is 1.74. The number of anilines is 1. The van der Waals surface area contributed by atoms with Gasteiger partial charge in [-0.05, 0) is 38.3 Å². The number of benzene rings is 1. The van der Waals surface area contributed by atoms with Gasteiger partial charge in [-0.25, -0.2) is 0 Å². The molecule has 2 aromatic rings. The lowest BCUT2D eigenvalue weighted by Crippen LogP contribution is -2.17. The number of ether oxygens (including phenoxy) is 1. The van der Waals surface area contributed by atoms with E-state index in [1.54, 1.807) is 12.1 Å². The molecule has 0 radical (unpaired) electrons. The Morgan fingerprint density at radius 3 is 3.42 bits per heavy atom. The molecule has 1 aromatic carbocycles. The molecule has 1 aromatic heterocycles. The van der Waals surface area contributed by atoms with Gasteiger partial charge in [0.05, 0.1) is 25.1 Å². The van der Waals surface area contributed by atoms with Crippen LogP contribution in [0.1, 0.15) is 30.7 Å². The molecule has 0 aliphatic carbocycles. The van der Waals surface area contributed by atoms with Crippen LogP contribution in [0.25, 0.3) is 10.9 Å². The number of hydrogen-bond donors (Lipinski definition) is 2. The Bertz CT molecular complexity index is 808. The van der Waals surface area contributed by atoms with Gasteiger partial charge < -0.3 is 15.8 Å². The average Bonchev–Trinajstić information content (AvgIpc) is 2.55.